The van der Waals surface area contributed by atoms with Crippen molar-refractivity contribution in [2.24, 2.45) is 4.99 Å². The van der Waals surface area contributed by atoms with E-state index < -0.39 is 7.12 Å². The van der Waals surface area contributed by atoms with Gasteiger partial charge in [-0.3, -0.25) is 9.79 Å². The summed E-state index contributed by atoms with van der Waals surface area (Å²) in [5.74, 6) is 1.22. The van der Waals surface area contributed by atoms with Crippen molar-refractivity contribution in [1.82, 2.24) is 0 Å². The molecule has 1 heterocycles. The Morgan fingerprint density at radius 1 is 0.963 bits per heavy atom. The maximum Gasteiger partial charge on any atom is 0.632 e. The van der Waals surface area contributed by atoms with Gasteiger partial charge in [0, 0.05) is 27.8 Å². The van der Waals surface area contributed by atoms with Crippen LogP contribution in [0.3, 0.4) is 0 Å². The minimum atomic E-state index is -0.700. The molecule has 27 heavy (non-hydrogen) atoms. The van der Waals surface area contributed by atoms with Crippen LogP contribution < -0.4 is 14.8 Å². The van der Waals surface area contributed by atoms with Crippen molar-refractivity contribution in [2.45, 2.75) is 6.92 Å². The number of hydrogen-bond acceptors (Lipinski definition) is 4. The van der Waals surface area contributed by atoms with Crippen molar-refractivity contribution in [2.75, 3.05) is 0 Å². The molecule has 132 valence electrons. The topological polar surface area (TPSA) is 47.9 Å². The lowest BCUT2D eigenvalue weighted by Crippen LogP contribution is -2.42. The first-order valence-electron chi connectivity index (χ1n) is 8.47. The molecule has 0 atom stereocenters. The number of para-hydroxylation sites is 1. The first-order chi connectivity index (χ1) is 13.1. The maximum atomic E-state index is 11.5. The fraction of sp³-hybridized carbons (Fsp3) is 0.0476. The molecule has 6 heteroatoms. The van der Waals surface area contributed by atoms with Crippen LogP contribution in [-0.4, -0.2) is 19.1 Å². The molecule has 3 aromatic carbocycles. The molecular weight excluding hydrogens is 361 g/mol. The number of aliphatic imine (C=N–C) groups is 1. The van der Waals surface area contributed by atoms with E-state index in [1.807, 2.05) is 36.4 Å². The van der Waals surface area contributed by atoms with Crippen LogP contribution in [0.25, 0.3) is 0 Å². The lowest BCUT2D eigenvalue weighted by molar-refractivity contribution is 0.101. The van der Waals surface area contributed by atoms with Crippen LogP contribution in [0.4, 0.5) is 5.69 Å². The first kappa shape index (κ1) is 17.4. The van der Waals surface area contributed by atoms with E-state index in [0.29, 0.717) is 27.8 Å². The number of ketones is 1. The Balaban J connectivity index is 1.80. The number of halogens is 1. The minimum absolute atomic E-state index is 0.0107. The highest BCUT2D eigenvalue weighted by atomic mass is 35.5. The smallest absolute Gasteiger partial charge is 0.521 e. The predicted octanol–water partition coefficient (Wildman–Crippen LogP) is 4.46. The summed E-state index contributed by atoms with van der Waals surface area (Å²) in [6.45, 7) is 1.54. The average molecular weight is 376 g/mol. The second-order valence-corrected chi connectivity index (χ2v) is 6.59. The van der Waals surface area contributed by atoms with Gasteiger partial charge in [0.05, 0.1) is 0 Å². The molecule has 1 aliphatic heterocycles. The summed E-state index contributed by atoms with van der Waals surface area (Å²) in [5.41, 5.74) is 2.88. The summed E-state index contributed by atoms with van der Waals surface area (Å²) in [6.07, 6.45) is 1.73. The number of rotatable bonds is 2. The van der Waals surface area contributed by atoms with Gasteiger partial charge in [0.2, 0.25) is 0 Å². The summed E-state index contributed by atoms with van der Waals surface area (Å²) >= 11 is 6.12. The number of benzene rings is 3. The maximum absolute atomic E-state index is 11.5. The van der Waals surface area contributed by atoms with Gasteiger partial charge in [-0.15, -0.1) is 0 Å². The van der Waals surface area contributed by atoms with Crippen molar-refractivity contribution in [3.8, 4) is 11.5 Å². The fourth-order valence-corrected chi connectivity index (χ4v) is 2.96. The highest BCUT2D eigenvalue weighted by molar-refractivity contribution is 6.62. The molecule has 0 aliphatic carbocycles. The summed E-state index contributed by atoms with van der Waals surface area (Å²) in [7, 11) is -0.700. The van der Waals surface area contributed by atoms with E-state index in [-0.39, 0.29) is 5.78 Å². The van der Waals surface area contributed by atoms with E-state index in [0.717, 1.165) is 11.0 Å². The summed E-state index contributed by atoms with van der Waals surface area (Å²) in [6, 6.07) is 20.1. The number of nitrogens with zero attached hydrogens (tertiary/aromatic N) is 1. The molecular formula is C21H15BClNO3. The van der Waals surface area contributed by atoms with E-state index in [1.165, 1.54) is 6.92 Å². The predicted molar refractivity (Wildman–Crippen MR) is 108 cm³/mol. The largest absolute Gasteiger partial charge is 0.632 e. The molecule has 0 bridgehead atoms. The molecule has 0 radical (unpaired) electrons. The third kappa shape index (κ3) is 3.73. The van der Waals surface area contributed by atoms with Gasteiger partial charge in [-0.05, 0) is 37.3 Å². The van der Waals surface area contributed by atoms with E-state index in [4.69, 9.17) is 20.9 Å². The van der Waals surface area contributed by atoms with Crippen LogP contribution in [-0.2, 0) is 0 Å². The number of carbonyl (C=O) groups is 1. The lowest BCUT2D eigenvalue weighted by Gasteiger charge is -2.18. The zero-order chi connectivity index (χ0) is 18.8. The molecule has 4 rings (SSSR count). The minimum Gasteiger partial charge on any atom is -0.521 e. The van der Waals surface area contributed by atoms with Crippen LogP contribution in [0.1, 0.15) is 22.8 Å². The van der Waals surface area contributed by atoms with Gasteiger partial charge in [-0.1, -0.05) is 48.0 Å². The number of hydrogen-bond donors (Lipinski definition) is 0. The summed E-state index contributed by atoms with van der Waals surface area (Å²) in [4.78, 5) is 16.1. The summed E-state index contributed by atoms with van der Waals surface area (Å²) < 4.78 is 12.3. The second-order valence-electron chi connectivity index (χ2n) is 6.15. The normalized spacial score (nSPS) is 12.6. The van der Waals surface area contributed by atoms with Gasteiger partial charge in [0.25, 0.3) is 0 Å². The van der Waals surface area contributed by atoms with Gasteiger partial charge in [-0.25, -0.2) is 0 Å². The van der Waals surface area contributed by atoms with Crippen LogP contribution in [0, 0.1) is 0 Å². The molecule has 0 N–H and O–H groups in total. The van der Waals surface area contributed by atoms with Crippen LogP contribution in [0.2, 0.25) is 5.02 Å². The molecule has 0 amide bonds. The molecule has 1 aliphatic rings. The molecule has 0 spiro atoms. The Labute approximate surface area is 162 Å². The number of fused-ring (bicyclic) bond motifs is 2. The standard InChI is InChI=1S/C21H15BClNO3/c1-14(25)15-6-8-17(9-7-15)22-26-20-5-3-2-4-16(20)13-24-19-12-18(23)10-11-21(19)27-22/h2-13H,1H3. The Bertz CT molecular complexity index is 1030. The Kier molecular flexibility index (Phi) is 4.69. The quantitative estimate of drug-likeness (QED) is 0.491. The van der Waals surface area contributed by atoms with Crippen molar-refractivity contribution >= 4 is 41.9 Å². The summed E-state index contributed by atoms with van der Waals surface area (Å²) in [5, 5.41) is 0.574. The SMILES string of the molecule is CC(=O)c1ccc(B2Oc3ccccc3C=Nc3cc(Cl)ccc3O2)cc1. The monoisotopic (exact) mass is 375 g/mol. The molecule has 0 saturated heterocycles. The zero-order valence-corrected chi connectivity index (χ0v) is 15.3. The fourth-order valence-electron chi connectivity index (χ4n) is 2.79. The van der Waals surface area contributed by atoms with Gasteiger partial charge in [-0.2, -0.15) is 0 Å². The highest BCUT2D eigenvalue weighted by Crippen LogP contribution is 2.33. The molecule has 0 aromatic heterocycles. The average Bonchev–Trinajstić information content (AvgIpc) is 2.75. The third-order valence-corrected chi connectivity index (χ3v) is 4.48. The van der Waals surface area contributed by atoms with E-state index in [9.17, 15) is 4.79 Å². The zero-order valence-electron chi connectivity index (χ0n) is 14.6. The van der Waals surface area contributed by atoms with Crippen LogP contribution >= 0.6 is 11.6 Å². The van der Waals surface area contributed by atoms with E-state index in [2.05, 4.69) is 4.99 Å². The van der Waals surface area contributed by atoms with E-state index in [1.54, 1.807) is 36.5 Å². The van der Waals surface area contributed by atoms with Crippen molar-refractivity contribution in [3.05, 3.63) is 82.9 Å². The molecule has 0 unspecified atom stereocenters. The third-order valence-electron chi connectivity index (χ3n) is 4.24. The second kappa shape index (κ2) is 7.29. The number of carbonyl (C=O) groups excluding carboxylic acids is 1. The lowest BCUT2D eigenvalue weighted by atomic mass is 9.78. The molecule has 0 saturated carbocycles. The molecule has 0 fully saturated rings. The Morgan fingerprint density at radius 2 is 1.70 bits per heavy atom. The van der Waals surface area contributed by atoms with Crippen LogP contribution in [0.5, 0.6) is 11.5 Å². The van der Waals surface area contributed by atoms with Gasteiger partial charge >= 0.3 is 7.12 Å². The molecule has 4 nitrogen and oxygen atoms in total. The van der Waals surface area contributed by atoms with Crippen molar-refractivity contribution in [1.29, 1.82) is 0 Å². The molecule has 3 aromatic rings. The van der Waals surface area contributed by atoms with Crippen molar-refractivity contribution in [3.63, 3.8) is 0 Å². The van der Waals surface area contributed by atoms with Crippen molar-refractivity contribution < 1.29 is 14.1 Å². The van der Waals surface area contributed by atoms with Gasteiger partial charge in [0.15, 0.2) is 5.78 Å². The number of Topliss-reactive ketones (excluding diaryl/α,β-unsaturated/α-hetero) is 1. The first-order valence-corrected chi connectivity index (χ1v) is 8.85. The Morgan fingerprint density at radius 3 is 2.48 bits per heavy atom. The van der Waals surface area contributed by atoms with Gasteiger partial charge < -0.3 is 9.31 Å². The van der Waals surface area contributed by atoms with Gasteiger partial charge in [0.1, 0.15) is 17.2 Å². The van der Waals surface area contributed by atoms with E-state index >= 15 is 0 Å². The van der Waals surface area contributed by atoms with Crippen LogP contribution in [0.15, 0.2) is 71.7 Å². The Hall–Kier alpha value is -3.05. The highest BCUT2D eigenvalue weighted by Gasteiger charge is 2.29.